The van der Waals surface area contributed by atoms with E-state index in [1.807, 2.05) is 0 Å². The molecule has 53 valence electrons. The predicted octanol–water partition coefficient (Wildman–Crippen LogP) is 3.01. The first kappa shape index (κ1) is 7.40. The maximum atomic E-state index is 6.09. The SMILES string of the molecule is CC[C]1CCC(C)C1Cl. The van der Waals surface area contributed by atoms with E-state index in [0.29, 0.717) is 5.38 Å². The average molecular weight is 146 g/mol. The summed E-state index contributed by atoms with van der Waals surface area (Å²) in [4.78, 5) is 0. The van der Waals surface area contributed by atoms with Crippen molar-refractivity contribution < 1.29 is 0 Å². The molecule has 1 aliphatic carbocycles. The third kappa shape index (κ3) is 1.40. The van der Waals surface area contributed by atoms with Crippen LogP contribution in [0.3, 0.4) is 0 Å². The van der Waals surface area contributed by atoms with Crippen molar-refractivity contribution >= 4 is 11.6 Å². The molecule has 9 heavy (non-hydrogen) atoms. The van der Waals surface area contributed by atoms with E-state index < -0.39 is 0 Å². The van der Waals surface area contributed by atoms with Crippen LogP contribution in [-0.4, -0.2) is 5.38 Å². The maximum absolute atomic E-state index is 6.09. The first-order valence-corrected chi connectivity index (χ1v) is 4.18. The standard InChI is InChI=1S/C8H14Cl/c1-3-7-5-4-6(2)8(7)9/h6,8H,3-5H2,1-2H3. The van der Waals surface area contributed by atoms with E-state index >= 15 is 0 Å². The van der Waals surface area contributed by atoms with Crippen molar-refractivity contribution in [2.75, 3.05) is 0 Å². The molecule has 0 aromatic carbocycles. The summed E-state index contributed by atoms with van der Waals surface area (Å²) >= 11 is 6.09. The van der Waals surface area contributed by atoms with Crippen molar-refractivity contribution in [2.24, 2.45) is 5.92 Å². The Hall–Kier alpha value is 0.290. The van der Waals surface area contributed by atoms with Gasteiger partial charge in [0.2, 0.25) is 0 Å². The van der Waals surface area contributed by atoms with Gasteiger partial charge in [0.1, 0.15) is 0 Å². The molecule has 0 nitrogen and oxygen atoms in total. The van der Waals surface area contributed by atoms with Crippen molar-refractivity contribution in [1.82, 2.24) is 0 Å². The Morgan fingerprint density at radius 1 is 1.67 bits per heavy atom. The first-order chi connectivity index (χ1) is 4.25. The summed E-state index contributed by atoms with van der Waals surface area (Å²) in [6.45, 7) is 4.43. The van der Waals surface area contributed by atoms with Crippen molar-refractivity contribution in [3.8, 4) is 0 Å². The van der Waals surface area contributed by atoms with E-state index in [0.717, 1.165) is 5.92 Å². The lowest BCUT2D eigenvalue weighted by Crippen LogP contribution is -2.09. The molecule has 2 atom stereocenters. The topological polar surface area (TPSA) is 0 Å². The van der Waals surface area contributed by atoms with E-state index in [-0.39, 0.29) is 0 Å². The molecule has 0 aromatic heterocycles. The van der Waals surface area contributed by atoms with Crippen LogP contribution < -0.4 is 0 Å². The van der Waals surface area contributed by atoms with Gasteiger partial charge in [0.25, 0.3) is 0 Å². The molecule has 1 heteroatoms. The fraction of sp³-hybridized carbons (Fsp3) is 0.875. The van der Waals surface area contributed by atoms with Gasteiger partial charge in [-0.15, -0.1) is 11.6 Å². The van der Waals surface area contributed by atoms with Gasteiger partial charge in [-0.1, -0.05) is 13.8 Å². The van der Waals surface area contributed by atoms with Crippen molar-refractivity contribution in [3.05, 3.63) is 5.92 Å². The zero-order valence-corrected chi connectivity index (χ0v) is 6.91. The smallest absolute Gasteiger partial charge is 0.0423 e. The van der Waals surface area contributed by atoms with Crippen molar-refractivity contribution in [2.45, 2.75) is 38.5 Å². The highest BCUT2D eigenvalue weighted by molar-refractivity contribution is 6.22. The second-order valence-electron chi connectivity index (χ2n) is 2.93. The number of hydrogen-bond acceptors (Lipinski definition) is 0. The third-order valence-corrected chi connectivity index (χ3v) is 3.00. The van der Waals surface area contributed by atoms with Gasteiger partial charge in [-0.05, 0) is 31.1 Å². The third-order valence-electron chi connectivity index (χ3n) is 2.26. The van der Waals surface area contributed by atoms with Crippen LogP contribution in [0.1, 0.15) is 33.1 Å². The monoisotopic (exact) mass is 145 g/mol. The molecule has 1 radical (unpaired) electrons. The molecular formula is C8H14Cl. The highest BCUT2D eigenvalue weighted by atomic mass is 35.5. The molecule has 0 aliphatic heterocycles. The molecule has 1 fully saturated rings. The number of rotatable bonds is 1. The van der Waals surface area contributed by atoms with Crippen molar-refractivity contribution in [3.63, 3.8) is 0 Å². The number of hydrogen-bond donors (Lipinski definition) is 0. The van der Waals surface area contributed by atoms with Gasteiger partial charge >= 0.3 is 0 Å². The Bertz CT molecular complexity index is 90.6. The van der Waals surface area contributed by atoms with Gasteiger partial charge < -0.3 is 0 Å². The summed E-state index contributed by atoms with van der Waals surface area (Å²) in [5.41, 5.74) is 0. The van der Waals surface area contributed by atoms with Gasteiger partial charge in [0.15, 0.2) is 0 Å². The molecule has 1 saturated carbocycles. The predicted molar refractivity (Wildman–Crippen MR) is 41.6 cm³/mol. The molecular weight excluding hydrogens is 132 g/mol. The summed E-state index contributed by atoms with van der Waals surface area (Å²) in [7, 11) is 0. The normalized spacial score (nSPS) is 37.7. The molecule has 0 saturated heterocycles. The van der Waals surface area contributed by atoms with Crippen LogP contribution in [0.25, 0.3) is 0 Å². The maximum Gasteiger partial charge on any atom is 0.0423 e. The molecule has 0 aromatic rings. The fourth-order valence-corrected chi connectivity index (χ4v) is 1.86. The molecule has 1 rings (SSSR count). The number of halogens is 1. The minimum Gasteiger partial charge on any atom is -0.122 e. The highest BCUT2D eigenvalue weighted by Crippen LogP contribution is 2.38. The lowest BCUT2D eigenvalue weighted by atomic mass is 10.0. The first-order valence-electron chi connectivity index (χ1n) is 3.74. The zero-order valence-electron chi connectivity index (χ0n) is 6.15. The van der Waals surface area contributed by atoms with Crippen LogP contribution in [0.4, 0.5) is 0 Å². The van der Waals surface area contributed by atoms with Crippen molar-refractivity contribution in [1.29, 1.82) is 0 Å². The van der Waals surface area contributed by atoms with Gasteiger partial charge in [-0.2, -0.15) is 0 Å². The molecule has 0 bridgehead atoms. The average Bonchev–Trinajstić information content (AvgIpc) is 2.15. The summed E-state index contributed by atoms with van der Waals surface area (Å²) < 4.78 is 0. The Morgan fingerprint density at radius 3 is 2.56 bits per heavy atom. The van der Waals surface area contributed by atoms with E-state index in [1.54, 1.807) is 5.92 Å². The summed E-state index contributed by atoms with van der Waals surface area (Å²) in [6.07, 6.45) is 3.75. The van der Waals surface area contributed by atoms with Crippen LogP contribution in [0.2, 0.25) is 0 Å². The minimum absolute atomic E-state index is 0.384. The van der Waals surface area contributed by atoms with E-state index in [1.165, 1.54) is 19.3 Å². The lowest BCUT2D eigenvalue weighted by molar-refractivity contribution is 0.619. The summed E-state index contributed by atoms with van der Waals surface area (Å²) in [5, 5.41) is 0.384. The molecule has 1 aliphatic rings. The largest absolute Gasteiger partial charge is 0.122 e. The minimum atomic E-state index is 0.384. The van der Waals surface area contributed by atoms with E-state index in [4.69, 9.17) is 11.6 Å². The van der Waals surface area contributed by atoms with Crippen LogP contribution in [0.5, 0.6) is 0 Å². The molecule has 2 unspecified atom stereocenters. The van der Waals surface area contributed by atoms with E-state index in [2.05, 4.69) is 13.8 Å². The second-order valence-corrected chi connectivity index (χ2v) is 3.40. The van der Waals surface area contributed by atoms with Crippen LogP contribution in [0, 0.1) is 11.8 Å². The molecule has 0 spiro atoms. The van der Waals surface area contributed by atoms with Gasteiger partial charge in [0, 0.05) is 5.38 Å². The quantitative estimate of drug-likeness (QED) is 0.498. The van der Waals surface area contributed by atoms with Crippen LogP contribution in [-0.2, 0) is 0 Å². The lowest BCUT2D eigenvalue weighted by Gasteiger charge is -2.11. The van der Waals surface area contributed by atoms with Crippen LogP contribution >= 0.6 is 11.6 Å². The van der Waals surface area contributed by atoms with Gasteiger partial charge in [0.05, 0.1) is 0 Å². The Morgan fingerprint density at radius 2 is 2.33 bits per heavy atom. The second kappa shape index (κ2) is 2.92. The van der Waals surface area contributed by atoms with Gasteiger partial charge in [-0.3, -0.25) is 0 Å². The Balaban J connectivity index is 2.41. The van der Waals surface area contributed by atoms with Gasteiger partial charge in [-0.25, -0.2) is 0 Å². The Kier molecular flexibility index (Phi) is 2.40. The molecule has 0 heterocycles. The van der Waals surface area contributed by atoms with Crippen LogP contribution in [0.15, 0.2) is 0 Å². The summed E-state index contributed by atoms with van der Waals surface area (Å²) in [5.74, 6) is 2.28. The number of alkyl halides is 1. The van der Waals surface area contributed by atoms with E-state index in [9.17, 15) is 0 Å². The summed E-state index contributed by atoms with van der Waals surface area (Å²) in [6, 6.07) is 0. The highest BCUT2D eigenvalue weighted by Gasteiger charge is 2.30. The Labute approximate surface area is 62.6 Å². The fourth-order valence-electron chi connectivity index (χ4n) is 1.47. The zero-order chi connectivity index (χ0) is 6.85. The molecule has 0 amide bonds. The molecule has 0 N–H and O–H groups in total.